The van der Waals surface area contributed by atoms with Crippen molar-refractivity contribution in [3.05, 3.63) is 55.0 Å². The van der Waals surface area contributed by atoms with Crippen LogP contribution in [0, 0.1) is 24.3 Å². The van der Waals surface area contributed by atoms with E-state index in [9.17, 15) is 0 Å². The van der Waals surface area contributed by atoms with Gasteiger partial charge in [-0.25, -0.2) is 12.2 Å². The van der Waals surface area contributed by atoms with Gasteiger partial charge in [0.05, 0.1) is 0 Å². The van der Waals surface area contributed by atoms with Crippen LogP contribution in [0.25, 0.3) is 0 Å². The zero-order valence-corrected chi connectivity index (χ0v) is 19.5. The smallest absolute Gasteiger partial charge is 1.00 e. The van der Waals surface area contributed by atoms with Crippen molar-refractivity contribution in [1.29, 1.82) is 0 Å². The minimum atomic E-state index is -0.859. The van der Waals surface area contributed by atoms with Gasteiger partial charge in [-0.2, -0.15) is 18.0 Å². The molecule has 1 saturated carbocycles. The molecule has 0 nitrogen and oxygen atoms in total. The molecule has 4 rings (SSSR count). The van der Waals surface area contributed by atoms with Gasteiger partial charge >= 0.3 is 26.2 Å². The predicted molar refractivity (Wildman–Crippen MR) is 94.6 cm³/mol. The molecule has 3 atom stereocenters. The second-order valence-electron chi connectivity index (χ2n) is 6.98. The van der Waals surface area contributed by atoms with Crippen LogP contribution in [-0.2, 0) is 26.2 Å². The van der Waals surface area contributed by atoms with Crippen LogP contribution in [0.3, 0.4) is 0 Å². The molecule has 4 heteroatoms. The molecule has 4 aliphatic rings. The summed E-state index contributed by atoms with van der Waals surface area (Å²) in [5.74, 6) is 1.75. The molecule has 0 amide bonds. The number of hydrogen-bond acceptors (Lipinski definition) is 0. The van der Waals surface area contributed by atoms with Crippen molar-refractivity contribution in [1.82, 2.24) is 0 Å². The molecule has 1 saturated heterocycles. The van der Waals surface area contributed by atoms with Crippen LogP contribution in [0.15, 0.2) is 42.5 Å². The fraction of sp³-hybridized carbons (Fsp3) is 0.550. The predicted octanol–water partition coefficient (Wildman–Crippen LogP) is -0.103. The summed E-state index contributed by atoms with van der Waals surface area (Å²) in [4.78, 5) is 0. The molecule has 130 valence electrons. The van der Waals surface area contributed by atoms with E-state index in [0.717, 1.165) is 23.8 Å². The van der Waals surface area contributed by atoms with Crippen molar-refractivity contribution >= 4 is 8.07 Å². The van der Waals surface area contributed by atoms with Gasteiger partial charge in [0, 0.05) is 8.07 Å². The number of hydrogen-bond donors (Lipinski definition) is 0. The third-order valence-corrected chi connectivity index (χ3v) is 12.0. The van der Waals surface area contributed by atoms with Crippen LogP contribution in [0.5, 0.6) is 0 Å². The van der Waals surface area contributed by atoms with Crippen molar-refractivity contribution < 1.29 is 51.0 Å². The van der Waals surface area contributed by atoms with E-state index in [1.165, 1.54) is 19.3 Å². The standard InChI is InChI=1S/C15H23Si.C5H5.2ClH.Zr/c1-2-10-16(11-5-12-16)15-9-8-13-6-3-4-7-14(13)15;1-2-4-5-3-1;;;/h3-4,6-7,9,13-15H,2,5,8,10-12H2,1H3;1-3H,4H2;2*1H;/q2*-1;;;+4/p-2. The molecule has 3 unspecified atom stereocenters. The fourth-order valence-electron chi connectivity index (χ4n) is 4.63. The Morgan fingerprint density at radius 2 is 1.88 bits per heavy atom. The molecule has 3 aliphatic carbocycles. The first-order chi connectivity index (χ1) is 10.4. The summed E-state index contributed by atoms with van der Waals surface area (Å²) >= 11 is 0. The first-order valence-electron chi connectivity index (χ1n) is 8.76. The van der Waals surface area contributed by atoms with Gasteiger partial charge in [-0.3, -0.25) is 6.08 Å². The summed E-state index contributed by atoms with van der Waals surface area (Å²) in [5, 5.41) is 0. The van der Waals surface area contributed by atoms with Crippen LogP contribution in [0.4, 0.5) is 0 Å². The Labute approximate surface area is 181 Å². The van der Waals surface area contributed by atoms with Crippen molar-refractivity contribution in [2.24, 2.45) is 11.8 Å². The van der Waals surface area contributed by atoms with E-state index in [2.05, 4.69) is 49.8 Å². The normalized spacial score (nSPS) is 30.0. The maximum Gasteiger partial charge on any atom is 4.00 e. The van der Waals surface area contributed by atoms with Crippen LogP contribution < -0.4 is 24.8 Å². The third-order valence-electron chi connectivity index (χ3n) is 5.76. The SMILES string of the molecule is CCC[Si]1(C2[CH-]CC3C=CC=CC32)CCC1.[C-]1=CC=CC1.[Cl-].[Cl-].[Zr+4]. The Morgan fingerprint density at radius 1 is 1.12 bits per heavy atom. The molecule has 24 heavy (non-hydrogen) atoms. The molecule has 0 spiro atoms. The fourth-order valence-corrected chi connectivity index (χ4v) is 10.2. The van der Waals surface area contributed by atoms with Gasteiger partial charge < -0.3 is 31.2 Å². The molecule has 2 fully saturated rings. The second kappa shape index (κ2) is 12.1. The molecule has 0 aromatic carbocycles. The summed E-state index contributed by atoms with van der Waals surface area (Å²) in [6, 6.07) is 4.85. The molecule has 0 bridgehead atoms. The third kappa shape index (κ3) is 5.57. The zero-order chi connectivity index (χ0) is 14.5. The van der Waals surface area contributed by atoms with Gasteiger partial charge in [-0.05, 0) is 11.8 Å². The van der Waals surface area contributed by atoms with Crippen LogP contribution in [0.2, 0.25) is 23.7 Å². The number of rotatable bonds is 3. The van der Waals surface area contributed by atoms with Crippen molar-refractivity contribution in [3.63, 3.8) is 0 Å². The van der Waals surface area contributed by atoms with Crippen LogP contribution in [-0.4, -0.2) is 8.07 Å². The monoisotopic (exact) mass is 456 g/mol. The first kappa shape index (κ1) is 24.6. The van der Waals surface area contributed by atoms with E-state index >= 15 is 0 Å². The van der Waals surface area contributed by atoms with Crippen molar-refractivity contribution in [2.45, 2.75) is 56.3 Å². The summed E-state index contributed by atoms with van der Waals surface area (Å²) in [5.41, 5.74) is 1.02. The van der Waals surface area contributed by atoms with Crippen LogP contribution >= 0.6 is 0 Å². The van der Waals surface area contributed by atoms with Gasteiger partial charge in [0.2, 0.25) is 0 Å². The van der Waals surface area contributed by atoms with E-state index < -0.39 is 8.07 Å². The van der Waals surface area contributed by atoms with Crippen molar-refractivity contribution in [2.75, 3.05) is 0 Å². The largest absolute Gasteiger partial charge is 4.00 e. The molecule has 0 aromatic rings. The minimum Gasteiger partial charge on any atom is -1.00 e. The van der Waals surface area contributed by atoms with Gasteiger partial charge in [-0.1, -0.05) is 62.2 Å². The number of allylic oxidation sites excluding steroid dienone is 8. The minimum absolute atomic E-state index is 0. The maximum absolute atomic E-state index is 2.99. The molecule has 0 radical (unpaired) electrons. The average molecular weight is 459 g/mol. The van der Waals surface area contributed by atoms with E-state index in [1.54, 1.807) is 18.1 Å². The average Bonchev–Trinajstić information content (AvgIpc) is 3.15. The second-order valence-corrected chi connectivity index (χ2v) is 11.9. The summed E-state index contributed by atoms with van der Waals surface area (Å²) in [7, 11) is -0.859. The number of fused-ring (bicyclic) bond motifs is 1. The summed E-state index contributed by atoms with van der Waals surface area (Å²) in [6.45, 7) is 2.39. The first-order valence-corrected chi connectivity index (χ1v) is 11.5. The van der Waals surface area contributed by atoms with E-state index in [4.69, 9.17) is 0 Å². The summed E-state index contributed by atoms with van der Waals surface area (Å²) in [6.07, 6.45) is 26.5. The Kier molecular flexibility index (Phi) is 12.4. The van der Waals surface area contributed by atoms with E-state index in [0.29, 0.717) is 0 Å². The van der Waals surface area contributed by atoms with Gasteiger partial charge in [0.15, 0.2) is 0 Å². The Balaban J connectivity index is 0.000000578. The Morgan fingerprint density at radius 3 is 2.38 bits per heavy atom. The number of halogens is 2. The zero-order valence-electron chi connectivity index (χ0n) is 14.6. The van der Waals surface area contributed by atoms with Gasteiger partial charge in [0.25, 0.3) is 0 Å². The Bertz CT molecular complexity index is 456. The quantitative estimate of drug-likeness (QED) is 0.409. The van der Waals surface area contributed by atoms with E-state index in [-0.39, 0.29) is 51.0 Å². The Hall–Kier alpha value is 0.640. The van der Waals surface area contributed by atoms with Crippen LogP contribution in [0.1, 0.15) is 32.6 Å². The van der Waals surface area contributed by atoms with Crippen molar-refractivity contribution in [3.8, 4) is 0 Å². The molecule has 1 heterocycles. The molecule has 0 aromatic heterocycles. The van der Waals surface area contributed by atoms with E-state index in [1.807, 2.05) is 12.2 Å². The molecule has 0 N–H and O–H groups in total. The molecule has 1 aliphatic heterocycles. The maximum atomic E-state index is 2.99. The summed E-state index contributed by atoms with van der Waals surface area (Å²) < 4.78 is 0. The molecular formula is C20H28Cl2SiZr. The molecular weight excluding hydrogens is 430 g/mol. The van der Waals surface area contributed by atoms with Gasteiger partial charge in [0.1, 0.15) is 0 Å². The topological polar surface area (TPSA) is 0 Å². The van der Waals surface area contributed by atoms with Gasteiger partial charge in [-0.15, -0.1) is 6.42 Å².